The Morgan fingerprint density at radius 3 is 2.78 bits per heavy atom. The number of para-hydroxylation sites is 1. The number of aromatic nitrogens is 1. The lowest BCUT2D eigenvalue weighted by atomic mass is 9.99. The van der Waals surface area contributed by atoms with Crippen LogP contribution in [0.15, 0.2) is 42.6 Å². The van der Waals surface area contributed by atoms with Crippen LogP contribution in [0.2, 0.25) is 0 Å². The maximum Gasteiger partial charge on any atom is 0.123 e. The summed E-state index contributed by atoms with van der Waals surface area (Å²) < 4.78 is 5.31. The number of hydrogen-bond donors (Lipinski definition) is 2. The van der Waals surface area contributed by atoms with Gasteiger partial charge in [0, 0.05) is 17.8 Å². The van der Waals surface area contributed by atoms with Crippen LogP contribution in [0.3, 0.4) is 0 Å². The molecule has 4 N–H and O–H groups in total. The molecule has 18 heavy (non-hydrogen) atoms. The van der Waals surface area contributed by atoms with Gasteiger partial charge in [0.05, 0.1) is 7.11 Å². The highest BCUT2D eigenvalue weighted by Gasteiger charge is 2.12. The summed E-state index contributed by atoms with van der Waals surface area (Å²) in [5.74, 6) is 1.33. The van der Waals surface area contributed by atoms with Crippen molar-refractivity contribution in [1.82, 2.24) is 4.98 Å². The van der Waals surface area contributed by atoms with Gasteiger partial charge in [-0.05, 0) is 30.2 Å². The molecule has 1 heterocycles. The molecule has 4 nitrogen and oxygen atoms in total. The quantitative estimate of drug-likeness (QED) is 0.860. The number of pyridine rings is 1. The van der Waals surface area contributed by atoms with E-state index in [1.165, 1.54) is 0 Å². The summed E-state index contributed by atoms with van der Waals surface area (Å²) in [6.45, 7) is 0. The molecule has 1 aromatic heterocycles. The fourth-order valence-corrected chi connectivity index (χ4v) is 1.96. The number of rotatable bonds is 4. The number of methoxy groups -OCH3 is 1. The first-order valence-corrected chi connectivity index (χ1v) is 5.79. The standard InChI is InChI=1S/C14H17N3O/c1-18-13-5-3-2-4-11(13)12(15)8-10-6-7-17-14(16)9-10/h2-7,9,12H,8,15H2,1H3,(H2,16,17). The molecule has 0 spiro atoms. The van der Waals surface area contributed by atoms with Crippen LogP contribution in [-0.4, -0.2) is 12.1 Å². The van der Waals surface area contributed by atoms with Crippen molar-refractivity contribution in [3.8, 4) is 5.75 Å². The summed E-state index contributed by atoms with van der Waals surface area (Å²) in [7, 11) is 1.65. The second-order valence-electron chi connectivity index (χ2n) is 4.14. The molecule has 0 aliphatic carbocycles. The normalized spacial score (nSPS) is 12.1. The van der Waals surface area contributed by atoms with Gasteiger partial charge in [-0.2, -0.15) is 0 Å². The zero-order valence-corrected chi connectivity index (χ0v) is 10.3. The van der Waals surface area contributed by atoms with Crippen LogP contribution in [0.25, 0.3) is 0 Å². The molecule has 1 aromatic carbocycles. The summed E-state index contributed by atoms with van der Waals surface area (Å²) >= 11 is 0. The van der Waals surface area contributed by atoms with Crippen molar-refractivity contribution in [3.05, 3.63) is 53.7 Å². The first-order chi connectivity index (χ1) is 8.70. The van der Waals surface area contributed by atoms with Gasteiger partial charge in [0.15, 0.2) is 0 Å². The molecule has 94 valence electrons. The lowest BCUT2D eigenvalue weighted by Crippen LogP contribution is -2.14. The van der Waals surface area contributed by atoms with Crippen LogP contribution in [0.4, 0.5) is 5.82 Å². The largest absolute Gasteiger partial charge is 0.496 e. The van der Waals surface area contributed by atoms with Gasteiger partial charge in [0.25, 0.3) is 0 Å². The van der Waals surface area contributed by atoms with Crippen LogP contribution in [0.5, 0.6) is 5.75 Å². The van der Waals surface area contributed by atoms with Crippen molar-refractivity contribution >= 4 is 5.82 Å². The van der Waals surface area contributed by atoms with E-state index in [4.69, 9.17) is 16.2 Å². The highest BCUT2D eigenvalue weighted by Crippen LogP contribution is 2.25. The Morgan fingerprint density at radius 1 is 1.28 bits per heavy atom. The monoisotopic (exact) mass is 243 g/mol. The first kappa shape index (κ1) is 12.4. The zero-order chi connectivity index (χ0) is 13.0. The van der Waals surface area contributed by atoms with E-state index in [2.05, 4.69) is 4.98 Å². The molecule has 0 radical (unpaired) electrons. The molecule has 4 heteroatoms. The van der Waals surface area contributed by atoms with Crippen molar-refractivity contribution in [2.75, 3.05) is 12.8 Å². The minimum atomic E-state index is -0.122. The molecule has 2 rings (SSSR count). The molecule has 0 saturated heterocycles. The maximum atomic E-state index is 6.21. The minimum Gasteiger partial charge on any atom is -0.496 e. The van der Waals surface area contributed by atoms with Crippen molar-refractivity contribution in [2.45, 2.75) is 12.5 Å². The smallest absolute Gasteiger partial charge is 0.123 e. The maximum absolute atomic E-state index is 6.21. The van der Waals surface area contributed by atoms with Crippen LogP contribution in [-0.2, 0) is 6.42 Å². The number of nitrogens with two attached hydrogens (primary N) is 2. The Labute approximate surface area is 107 Å². The highest BCUT2D eigenvalue weighted by molar-refractivity contribution is 5.38. The number of nitrogen functional groups attached to an aromatic ring is 1. The molecule has 1 atom stereocenters. The third kappa shape index (κ3) is 2.78. The van der Waals surface area contributed by atoms with Gasteiger partial charge < -0.3 is 16.2 Å². The van der Waals surface area contributed by atoms with Crippen molar-refractivity contribution < 1.29 is 4.74 Å². The summed E-state index contributed by atoms with van der Waals surface area (Å²) in [4.78, 5) is 3.97. The fraction of sp³-hybridized carbons (Fsp3) is 0.214. The lowest BCUT2D eigenvalue weighted by Gasteiger charge is -2.15. The van der Waals surface area contributed by atoms with Crippen molar-refractivity contribution in [1.29, 1.82) is 0 Å². The Hall–Kier alpha value is -2.07. The molecular weight excluding hydrogens is 226 g/mol. The van der Waals surface area contributed by atoms with E-state index < -0.39 is 0 Å². The molecule has 0 amide bonds. The average Bonchev–Trinajstić information content (AvgIpc) is 2.38. The predicted molar refractivity (Wildman–Crippen MR) is 72.3 cm³/mol. The highest BCUT2D eigenvalue weighted by atomic mass is 16.5. The molecule has 2 aromatic rings. The number of benzene rings is 1. The number of nitrogens with zero attached hydrogens (tertiary/aromatic N) is 1. The van der Waals surface area contributed by atoms with E-state index in [-0.39, 0.29) is 6.04 Å². The summed E-state index contributed by atoms with van der Waals surface area (Å²) in [6, 6.07) is 11.4. The summed E-state index contributed by atoms with van der Waals surface area (Å²) in [6.07, 6.45) is 2.40. The molecule has 0 fully saturated rings. The topological polar surface area (TPSA) is 74.2 Å². The van der Waals surface area contributed by atoms with Gasteiger partial charge in [-0.15, -0.1) is 0 Å². The fourth-order valence-electron chi connectivity index (χ4n) is 1.96. The molecule has 0 aliphatic rings. The van der Waals surface area contributed by atoms with Gasteiger partial charge in [-0.1, -0.05) is 18.2 Å². The molecule has 0 aliphatic heterocycles. The first-order valence-electron chi connectivity index (χ1n) is 5.79. The third-order valence-corrected chi connectivity index (χ3v) is 2.84. The predicted octanol–water partition coefficient (Wildman–Crippen LogP) is 1.91. The number of ether oxygens (including phenoxy) is 1. The number of anilines is 1. The summed E-state index contributed by atoms with van der Waals surface area (Å²) in [5.41, 5.74) is 13.9. The van der Waals surface area contributed by atoms with Gasteiger partial charge in [-0.25, -0.2) is 4.98 Å². The molecule has 0 saturated carbocycles. The van der Waals surface area contributed by atoms with Crippen molar-refractivity contribution in [3.63, 3.8) is 0 Å². The summed E-state index contributed by atoms with van der Waals surface area (Å²) in [5, 5.41) is 0. The van der Waals surface area contributed by atoms with Crippen LogP contribution < -0.4 is 16.2 Å². The second-order valence-corrected chi connectivity index (χ2v) is 4.14. The van der Waals surface area contributed by atoms with Gasteiger partial charge in [0.1, 0.15) is 11.6 Å². The Balaban J connectivity index is 2.19. The zero-order valence-electron chi connectivity index (χ0n) is 10.3. The molecular formula is C14H17N3O. The minimum absolute atomic E-state index is 0.122. The van der Waals surface area contributed by atoms with E-state index in [0.717, 1.165) is 16.9 Å². The second kappa shape index (κ2) is 5.51. The Kier molecular flexibility index (Phi) is 3.79. The van der Waals surface area contributed by atoms with Gasteiger partial charge in [0.2, 0.25) is 0 Å². The molecule has 1 unspecified atom stereocenters. The average molecular weight is 243 g/mol. The van der Waals surface area contributed by atoms with E-state index >= 15 is 0 Å². The van der Waals surface area contributed by atoms with E-state index in [9.17, 15) is 0 Å². The van der Waals surface area contributed by atoms with Gasteiger partial charge >= 0.3 is 0 Å². The van der Waals surface area contributed by atoms with Crippen LogP contribution in [0.1, 0.15) is 17.2 Å². The van der Waals surface area contributed by atoms with E-state index in [1.54, 1.807) is 13.3 Å². The van der Waals surface area contributed by atoms with Gasteiger partial charge in [-0.3, -0.25) is 0 Å². The van der Waals surface area contributed by atoms with Crippen LogP contribution in [0, 0.1) is 0 Å². The van der Waals surface area contributed by atoms with E-state index in [1.807, 2.05) is 36.4 Å². The third-order valence-electron chi connectivity index (χ3n) is 2.84. The lowest BCUT2D eigenvalue weighted by molar-refractivity contribution is 0.405. The molecule has 0 bridgehead atoms. The Morgan fingerprint density at radius 2 is 2.06 bits per heavy atom. The SMILES string of the molecule is COc1ccccc1C(N)Cc1ccnc(N)c1. The number of hydrogen-bond acceptors (Lipinski definition) is 4. The van der Waals surface area contributed by atoms with Crippen LogP contribution >= 0.6 is 0 Å². The van der Waals surface area contributed by atoms with E-state index in [0.29, 0.717) is 12.2 Å². The Bertz CT molecular complexity index is 528. The van der Waals surface area contributed by atoms with Crippen molar-refractivity contribution in [2.24, 2.45) is 5.73 Å².